The summed E-state index contributed by atoms with van der Waals surface area (Å²) in [5.41, 5.74) is 1.06. The zero-order valence-electron chi connectivity index (χ0n) is 9.16. The van der Waals surface area contributed by atoms with Gasteiger partial charge in [0, 0.05) is 20.3 Å². The molecule has 3 N–H and O–H groups in total. The van der Waals surface area contributed by atoms with Gasteiger partial charge in [-0.3, -0.25) is 10.1 Å². The fourth-order valence-electron chi connectivity index (χ4n) is 2.05. The molecule has 1 saturated heterocycles. The number of amides is 1. The van der Waals surface area contributed by atoms with Crippen LogP contribution in [-0.2, 0) is 11.2 Å². The second kappa shape index (κ2) is 3.66. The van der Waals surface area contributed by atoms with Crippen molar-refractivity contribution in [3.63, 3.8) is 0 Å². The molecule has 3 heteroatoms. The molecule has 3 nitrogen and oxygen atoms in total. The topological polar surface area (TPSA) is 45.7 Å². The standard InChI is InChI=1S/C12H16N2O/c1-12(2)13-10(11(15)14-12)8-9-6-4-3-5-7-9/h3-7,10,13H,8H2,1-2H3,(H,14,15)/p+1/t10-/m0/s1. The molecule has 2 rings (SSSR count). The Kier molecular flexibility index (Phi) is 2.49. The van der Waals surface area contributed by atoms with Crippen molar-refractivity contribution in [3.8, 4) is 0 Å². The molecule has 0 aromatic heterocycles. The second-order valence-corrected chi connectivity index (χ2v) is 4.67. The number of carbonyl (C=O) groups excluding carboxylic acids is 1. The van der Waals surface area contributed by atoms with Crippen molar-refractivity contribution >= 4 is 5.91 Å². The van der Waals surface area contributed by atoms with Crippen LogP contribution >= 0.6 is 0 Å². The molecule has 80 valence electrons. The maximum absolute atomic E-state index is 11.7. The van der Waals surface area contributed by atoms with Crippen LogP contribution in [0.2, 0.25) is 0 Å². The average Bonchev–Trinajstić information content (AvgIpc) is 2.41. The molecule has 0 saturated carbocycles. The normalized spacial score (nSPS) is 23.9. The van der Waals surface area contributed by atoms with Crippen LogP contribution in [0.15, 0.2) is 30.3 Å². The smallest absolute Gasteiger partial charge is 0.283 e. The number of quaternary nitrogens is 1. The highest BCUT2D eigenvalue weighted by atomic mass is 16.2. The van der Waals surface area contributed by atoms with Crippen LogP contribution in [0.4, 0.5) is 0 Å². The molecule has 0 unspecified atom stereocenters. The van der Waals surface area contributed by atoms with E-state index in [2.05, 4.69) is 22.8 Å². The van der Waals surface area contributed by atoms with Crippen molar-refractivity contribution < 1.29 is 10.1 Å². The lowest BCUT2D eigenvalue weighted by atomic mass is 10.1. The van der Waals surface area contributed by atoms with Crippen molar-refractivity contribution in [2.75, 3.05) is 0 Å². The van der Waals surface area contributed by atoms with Crippen LogP contribution in [0.3, 0.4) is 0 Å². The van der Waals surface area contributed by atoms with E-state index in [-0.39, 0.29) is 17.6 Å². The number of nitrogens with two attached hydrogens (primary N) is 1. The highest BCUT2D eigenvalue weighted by Gasteiger charge is 2.40. The molecule has 0 spiro atoms. The van der Waals surface area contributed by atoms with E-state index in [1.807, 2.05) is 32.0 Å². The minimum absolute atomic E-state index is 0.0161. The third kappa shape index (κ3) is 2.36. The highest BCUT2D eigenvalue weighted by Crippen LogP contribution is 2.06. The highest BCUT2D eigenvalue weighted by molar-refractivity contribution is 5.82. The maximum Gasteiger partial charge on any atom is 0.283 e. The molecule has 1 atom stereocenters. The molecular weight excluding hydrogens is 188 g/mol. The van der Waals surface area contributed by atoms with Crippen molar-refractivity contribution in [1.82, 2.24) is 5.32 Å². The fraction of sp³-hybridized carbons (Fsp3) is 0.417. The predicted octanol–water partition coefficient (Wildman–Crippen LogP) is 0.0270. The van der Waals surface area contributed by atoms with Gasteiger partial charge in [-0.1, -0.05) is 30.3 Å². The quantitative estimate of drug-likeness (QED) is 0.703. The molecule has 0 radical (unpaired) electrons. The zero-order valence-corrected chi connectivity index (χ0v) is 9.16. The maximum atomic E-state index is 11.7. The number of nitrogens with one attached hydrogen (secondary N) is 1. The van der Waals surface area contributed by atoms with Gasteiger partial charge in [0.2, 0.25) is 0 Å². The van der Waals surface area contributed by atoms with E-state index in [1.54, 1.807) is 0 Å². The minimum Gasteiger partial charge on any atom is -0.314 e. The average molecular weight is 205 g/mol. The van der Waals surface area contributed by atoms with Crippen molar-refractivity contribution in [3.05, 3.63) is 35.9 Å². The lowest BCUT2D eigenvalue weighted by molar-refractivity contribution is -0.728. The number of hydrogen-bond acceptors (Lipinski definition) is 1. The van der Waals surface area contributed by atoms with Gasteiger partial charge >= 0.3 is 0 Å². The van der Waals surface area contributed by atoms with E-state index in [0.29, 0.717) is 0 Å². The first-order chi connectivity index (χ1) is 7.07. The van der Waals surface area contributed by atoms with Gasteiger partial charge < -0.3 is 5.32 Å². The number of carbonyl (C=O) groups is 1. The van der Waals surface area contributed by atoms with Gasteiger partial charge in [0.15, 0.2) is 11.7 Å². The summed E-state index contributed by atoms with van der Waals surface area (Å²) in [6, 6.07) is 10.1. The summed E-state index contributed by atoms with van der Waals surface area (Å²) in [6.45, 7) is 4.05. The van der Waals surface area contributed by atoms with Crippen molar-refractivity contribution in [2.24, 2.45) is 0 Å². The zero-order chi connectivity index (χ0) is 10.9. The van der Waals surface area contributed by atoms with Gasteiger partial charge in [-0.25, -0.2) is 0 Å². The van der Waals surface area contributed by atoms with E-state index in [4.69, 9.17) is 0 Å². The second-order valence-electron chi connectivity index (χ2n) is 4.67. The summed E-state index contributed by atoms with van der Waals surface area (Å²) < 4.78 is 0. The molecule has 1 amide bonds. The molecular formula is C12H17N2O+. The van der Waals surface area contributed by atoms with Crippen molar-refractivity contribution in [2.45, 2.75) is 32.0 Å². The monoisotopic (exact) mass is 205 g/mol. The van der Waals surface area contributed by atoms with Crippen molar-refractivity contribution in [1.29, 1.82) is 0 Å². The molecule has 0 bridgehead atoms. The summed E-state index contributed by atoms with van der Waals surface area (Å²) in [5.74, 6) is 0.142. The Morgan fingerprint density at radius 2 is 2.00 bits per heavy atom. The molecule has 1 fully saturated rings. The van der Waals surface area contributed by atoms with Gasteiger partial charge in [-0.05, 0) is 5.56 Å². The van der Waals surface area contributed by atoms with Gasteiger partial charge in [-0.2, -0.15) is 0 Å². The number of benzene rings is 1. The SMILES string of the molecule is CC1(C)NC(=O)[C@H](Cc2ccccc2)[NH2+]1. The lowest BCUT2D eigenvalue weighted by Gasteiger charge is -2.14. The van der Waals surface area contributed by atoms with Crippen LogP contribution in [0.25, 0.3) is 0 Å². The Hall–Kier alpha value is -1.35. The van der Waals surface area contributed by atoms with Gasteiger partial charge in [0.05, 0.1) is 0 Å². The summed E-state index contributed by atoms with van der Waals surface area (Å²) >= 11 is 0. The van der Waals surface area contributed by atoms with Crippen LogP contribution in [0, 0.1) is 0 Å². The van der Waals surface area contributed by atoms with Crippen LogP contribution < -0.4 is 10.6 Å². The molecule has 1 aromatic rings. The first-order valence-corrected chi connectivity index (χ1v) is 5.29. The summed E-state index contributed by atoms with van der Waals surface area (Å²) in [4.78, 5) is 11.7. The van der Waals surface area contributed by atoms with E-state index in [1.165, 1.54) is 5.56 Å². The van der Waals surface area contributed by atoms with Gasteiger partial charge in [-0.15, -0.1) is 0 Å². The third-order valence-electron chi connectivity index (χ3n) is 2.70. The summed E-state index contributed by atoms with van der Waals surface area (Å²) in [7, 11) is 0. The molecule has 1 aliphatic rings. The van der Waals surface area contributed by atoms with E-state index in [9.17, 15) is 4.79 Å². The Morgan fingerprint density at radius 3 is 2.53 bits per heavy atom. The molecule has 15 heavy (non-hydrogen) atoms. The minimum atomic E-state index is -0.156. The Morgan fingerprint density at radius 1 is 1.33 bits per heavy atom. The molecule has 1 heterocycles. The first kappa shape index (κ1) is 10.2. The third-order valence-corrected chi connectivity index (χ3v) is 2.70. The predicted molar refractivity (Wildman–Crippen MR) is 58.1 cm³/mol. The largest absolute Gasteiger partial charge is 0.314 e. The van der Waals surface area contributed by atoms with E-state index < -0.39 is 0 Å². The molecule has 1 aromatic carbocycles. The van der Waals surface area contributed by atoms with E-state index in [0.717, 1.165) is 6.42 Å². The first-order valence-electron chi connectivity index (χ1n) is 5.29. The summed E-state index contributed by atoms with van der Waals surface area (Å²) in [5, 5.41) is 5.07. The lowest BCUT2D eigenvalue weighted by Crippen LogP contribution is -2.98. The summed E-state index contributed by atoms with van der Waals surface area (Å²) in [6.07, 6.45) is 0.802. The van der Waals surface area contributed by atoms with Crippen LogP contribution in [0.5, 0.6) is 0 Å². The van der Waals surface area contributed by atoms with Crippen LogP contribution in [-0.4, -0.2) is 17.6 Å². The molecule has 1 aliphatic heterocycles. The van der Waals surface area contributed by atoms with Gasteiger partial charge in [0.1, 0.15) is 0 Å². The van der Waals surface area contributed by atoms with Crippen LogP contribution in [0.1, 0.15) is 19.4 Å². The van der Waals surface area contributed by atoms with E-state index >= 15 is 0 Å². The Labute approximate surface area is 89.9 Å². The fourth-order valence-corrected chi connectivity index (χ4v) is 2.05. The Bertz CT molecular complexity index is 359. The molecule has 0 aliphatic carbocycles. The number of hydrogen-bond donors (Lipinski definition) is 2. The number of rotatable bonds is 2. The van der Waals surface area contributed by atoms with Gasteiger partial charge in [0.25, 0.3) is 5.91 Å². The Balaban J connectivity index is 2.05.